The Morgan fingerprint density at radius 3 is 2.47 bits per heavy atom. The molecule has 0 amide bonds. The zero-order valence-corrected chi connectivity index (χ0v) is 11.2. The summed E-state index contributed by atoms with van der Waals surface area (Å²) in [4.78, 5) is 0. The first-order chi connectivity index (χ1) is 8.01. The highest BCUT2D eigenvalue weighted by atomic mass is 32.2. The summed E-state index contributed by atoms with van der Waals surface area (Å²) in [6, 6.07) is 0.225. The fourth-order valence-electron chi connectivity index (χ4n) is 2.17. The Morgan fingerprint density at radius 1 is 1.29 bits per heavy atom. The van der Waals surface area contributed by atoms with Crippen LogP contribution < -0.4 is 5.32 Å². The van der Waals surface area contributed by atoms with Crippen LogP contribution in [0.2, 0.25) is 0 Å². The van der Waals surface area contributed by atoms with Crippen molar-refractivity contribution >= 4 is 11.8 Å². The summed E-state index contributed by atoms with van der Waals surface area (Å²) in [6.45, 7) is 0. The molecule has 0 aliphatic heterocycles. The summed E-state index contributed by atoms with van der Waals surface area (Å²) in [5, 5.41) is 3.87. The van der Waals surface area contributed by atoms with Gasteiger partial charge in [0.05, 0.1) is 0 Å². The third-order valence-electron chi connectivity index (χ3n) is 3.26. The van der Waals surface area contributed by atoms with Crippen molar-refractivity contribution in [2.45, 2.75) is 62.4 Å². The highest BCUT2D eigenvalue weighted by molar-refractivity contribution is 7.99. The van der Waals surface area contributed by atoms with Crippen molar-refractivity contribution < 1.29 is 13.2 Å². The monoisotopic (exact) mass is 269 g/mol. The second-order valence-corrected chi connectivity index (χ2v) is 6.07. The number of rotatable bonds is 7. The standard InChI is InChI=1S/C12H22F3NS/c1-16-10(5-4-8-12(13,14)15)9-17-11-6-2-3-7-11/h10-11,16H,2-9H2,1H3. The Hall–Kier alpha value is 0.100. The average molecular weight is 269 g/mol. The molecule has 1 aliphatic carbocycles. The Morgan fingerprint density at radius 2 is 1.94 bits per heavy atom. The molecule has 1 N–H and O–H groups in total. The van der Waals surface area contributed by atoms with E-state index in [1.807, 2.05) is 18.8 Å². The minimum Gasteiger partial charge on any atom is -0.316 e. The molecule has 0 saturated heterocycles. The minimum absolute atomic E-state index is 0.225. The predicted octanol–water partition coefficient (Wildman–Crippen LogP) is 3.98. The molecule has 1 atom stereocenters. The lowest BCUT2D eigenvalue weighted by atomic mass is 10.1. The van der Waals surface area contributed by atoms with Gasteiger partial charge in [-0.3, -0.25) is 0 Å². The maximum atomic E-state index is 12.0. The molecule has 0 aromatic rings. The predicted molar refractivity (Wildman–Crippen MR) is 67.5 cm³/mol. The Balaban J connectivity index is 2.10. The van der Waals surface area contributed by atoms with Gasteiger partial charge in [-0.25, -0.2) is 0 Å². The first-order valence-corrected chi connectivity index (χ1v) is 7.42. The number of thioether (sulfide) groups is 1. The lowest BCUT2D eigenvalue weighted by Gasteiger charge is -2.18. The minimum atomic E-state index is -4.00. The molecule has 0 aromatic heterocycles. The lowest BCUT2D eigenvalue weighted by molar-refractivity contribution is -0.135. The van der Waals surface area contributed by atoms with Crippen LogP contribution >= 0.6 is 11.8 Å². The van der Waals surface area contributed by atoms with Crippen LogP contribution in [0, 0.1) is 0 Å². The van der Waals surface area contributed by atoms with Gasteiger partial charge in [0.2, 0.25) is 0 Å². The third kappa shape index (κ3) is 7.19. The molecule has 1 rings (SSSR count). The van der Waals surface area contributed by atoms with Gasteiger partial charge in [0.25, 0.3) is 0 Å². The molecular formula is C12H22F3NS. The van der Waals surface area contributed by atoms with Gasteiger partial charge in [-0.1, -0.05) is 12.8 Å². The van der Waals surface area contributed by atoms with E-state index in [1.54, 1.807) is 0 Å². The zero-order valence-electron chi connectivity index (χ0n) is 10.4. The quantitative estimate of drug-likeness (QED) is 0.750. The number of hydrogen-bond acceptors (Lipinski definition) is 2. The van der Waals surface area contributed by atoms with Crippen LogP contribution in [0.4, 0.5) is 13.2 Å². The van der Waals surface area contributed by atoms with Gasteiger partial charge in [-0.2, -0.15) is 24.9 Å². The van der Waals surface area contributed by atoms with Gasteiger partial charge in [-0.15, -0.1) is 0 Å². The Bertz CT molecular complexity index is 202. The van der Waals surface area contributed by atoms with E-state index in [4.69, 9.17) is 0 Å². The normalized spacial score (nSPS) is 19.8. The Labute approximate surface area is 106 Å². The van der Waals surface area contributed by atoms with Crippen molar-refractivity contribution in [3.8, 4) is 0 Å². The molecule has 1 saturated carbocycles. The van der Waals surface area contributed by atoms with E-state index < -0.39 is 12.6 Å². The summed E-state index contributed by atoms with van der Waals surface area (Å²) in [5.74, 6) is 0.943. The first kappa shape index (κ1) is 15.2. The highest BCUT2D eigenvalue weighted by Crippen LogP contribution is 2.30. The zero-order chi connectivity index (χ0) is 12.7. The molecule has 0 radical (unpaired) electrons. The fourth-order valence-corrected chi connectivity index (χ4v) is 3.67. The smallest absolute Gasteiger partial charge is 0.316 e. The summed E-state index contributed by atoms with van der Waals surface area (Å²) in [6.07, 6.45) is 1.39. The molecule has 5 heteroatoms. The van der Waals surface area contributed by atoms with Gasteiger partial charge in [0, 0.05) is 23.5 Å². The van der Waals surface area contributed by atoms with Crippen molar-refractivity contribution in [2.24, 2.45) is 0 Å². The van der Waals surface area contributed by atoms with Crippen molar-refractivity contribution in [1.82, 2.24) is 5.32 Å². The average Bonchev–Trinajstić information content (AvgIpc) is 2.74. The van der Waals surface area contributed by atoms with Gasteiger partial charge in [-0.05, 0) is 32.7 Å². The van der Waals surface area contributed by atoms with Crippen LogP contribution in [-0.2, 0) is 0 Å². The Kier molecular flexibility index (Phi) is 6.70. The lowest BCUT2D eigenvalue weighted by Crippen LogP contribution is -2.28. The fraction of sp³-hybridized carbons (Fsp3) is 1.00. The molecule has 1 nitrogen and oxygen atoms in total. The van der Waals surface area contributed by atoms with Crippen molar-refractivity contribution in [3.05, 3.63) is 0 Å². The van der Waals surface area contributed by atoms with Crippen molar-refractivity contribution in [3.63, 3.8) is 0 Å². The van der Waals surface area contributed by atoms with Crippen LogP contribution in [0.3, 0.4) is 0 Å². The molecule has 0 bridgehead atoms. The first-order valence-electron chi connectivity index (χ1n) is 6.37. The van der Waals surface area contributed by atoms with Crippen molar-refractivity contribution in [2.75, 3.05) is 12.8 Å². The molecule has 0 heterocycles. The van der Waals surface area contributed by atoms with Crippen LogP contribution in [0.25, 0.3) is 0 Å². The molecule has 0 spiro atoms. The summed E-state index contributed by atoms with van der Waals surface area (Å²) < 4.78 is 36.0. The van der Waals surface area contributed by atoms with Gasteiger partial charge in [0.15, 0.2) is 0 Å². The van der Waals surface area contributed by atoms with E-state index in [1.165, 1.54) is 25.7 Å². The third-order valence-corrected chi connectivity index (χ3v) is 4.79. The van der Waals surface area contributed by atoms with Crippen LogP contribution in [0.1, 0.15) is 44.9 Å². The molecule has 0 aromatic carbocycles. The summed E-state index contributed by atoms with van der Waals surface area (Å²) in [7, 11) is 1.84. The molecular weight excluding hydrogens is 247 g/mol. The van der Waals surface area contributed by atoms with E-state index in [2.05, 4.69) is 5.32 Å². The van der Waals surface area contributed by atoms with Gasteiger partial charge >= 0.3 is 6.18 Å². The summed E-state index contributed by atoms with van der Waals surface area (Å²) >= 11 is 1.93. The second-order valence-electron chi connectivity index (χ2n) is 4.73. The number of hydrogen-bond donors (Lipinski definition) is 1. The van der Waals surface area contributed by atoms with Gasteiger partial charge < -0.3 is 5.32 Å². The van der Waals surface area contributed by atoms with E-state index in [0.717, 1.165) is 11.0 Å². The van der Waals surface area contributed by atoms with Gasteiger partial charge in [0.1, 0.15) is 0 Å². The molecule has 102 valence electrons. The van der Waals surface area contributed by atoms with E-state index >= 15 is 0 Å². The maximum Gasteiger partial charge on any atom is 0.389 e. The SMILES string of the molecule is CNC(CCCC(F)(F)F)CSC1CCCC1. The number of nitrogens with one attached hydrogen (secondary N) is 1. The number of halogens is 3. The molecule has 1 fully saturated rings. The van der Waals surface area contributed by atoms with E-state index in [9.17, 15) is 13.2 Å². The van der Waals surface area contributed by atoms with Crippen LogP contribution in [0.15, 0.2) is 0 Å². The van der Waals surface area contributed by atoms with Crippen LogP contribution in [-0.4, -0.2) is 30.3 Å². The summed E-state index contributed by atoms with van der Waals surface area (Å²) in [5.41, 5.74) is 0. The van der Waals surface area contributed by atoms with E-state index in [-0.39, 0.29) is 12.5 Å². The largest absolute Gasteiger partial charge is 0.389 e. The van der Waals surface area contributed by atoms with Crippen LogP contribution in [0.5, 0.6) is 0 Å². The topological polar surface area (TPSA) is 12.0 Å². The molecule has 17 heavy (non-hydrogen) atoms. The van der Waals surface area contributed by atoms with Crippen molar-refractivity contribution in [1.29, 1.82) is 0 Å². The molecule has 1 aliphatic rings. The highest BCUT2D eigenvalue weighted by Gasteiger charge is 2.26. The van der Waals surface area contributed by atoms with E-state index in [0.29, 0.717) is 6.42 Å². The second kappa shape index (κ2) is 7.52. The maximum absolute atomic E-state index is 12.0. The number of alkyl halides is 3. The molecule has 1 unspecified atom stereocenters.